The Bertz CT molecular complexity index is 577. The van der Waals surface area contributed by atoms with Crippen LogP contribution >= 0.6 is 0 Å². The second kappa shape index (κ2) is 6.70. The van der Waals surface area contributed by atoms with Gasteiger partial charge < -0.3 is 15.4 Å². The average molecular weight is 276 g/mol. The zero-order valence-electron chi connectivity index (χ0n) is 11.5. The maximum absolute atomic E-state index is 13.1. The first kappa shape index (κ1) is 14.0. The van der Waals surface area contributed by atoms with E-state index in [1.54, 1.807) is 18.5 Å². The number of anilines is 3. The van der Waals surface area contributed by atoms with Gasteiger partial charge in [-0.1, -0.05) is 6.92 Å². The number of methoxy groups -OCH3 is 1. The molecule has 0 saturated heterocycles. The van der Waals surface area contributed by atoms with Crippen molar-refractivity contribution in [1.82, 2.24) is 9.97 Å². The fraction of sp³-hybridized carbons (Fsp3) is 0.286. The van der Waals surface area contributed by atoms with Crippen molar-refractivity contribution in [3.05, 3.63) is 36.4 Å². The van der Waals surface area contributed by atoms with E-state index >= 15 is 0 Å². The third-order valence-corrected chi connectivity index (χ3v) is 2.62. The number of halogens is 1. The first-order valence-corrected chi connectivity index (χ1v) is 6.39. The van der Waals surface area contributed by atoms with Gasteiger partial charge in [-0.3, -0.25) is 4.98 Å². The molecule has 0 aliphatic carbocycles. The summed E-state index contributed by atoms with van der Waals surface area (Å²) in [6.45, 7) is 2.91. The maximum Gasteiger partial charge on any atom is 0.151 e. The molecule has 0 radical (unpaired) electrons. The van der Waals surface area contributed by atoms with E-state index in [0.717, 1.165) is 13.0 Å². The first-order chi connectivity index (χ1) is 9.72. The summed E-state index contributed by atoms with van der Waals surface area (Å²) in [6, 6.07) is 4.27. The number of rotatable bonds is 6. The van der Waals surface area contributed by atoms with Crippen molar-refractivity contribution in [2.24, 2.45) is 0 Å². The van der Waals surface area contributed by atoms with Crippen LogP contribution in [0.3, 0.4) is 0 Å². The molecule has 1 heterocycles. The quantitative estimate of drug-likeness (QED) is 0.848. The Labute approximate surface area is 117 Å². The molecule has 0 aliphatic heterocycles. The molecule has 5 nitrogen and oxygen atoms in total. The Morgan fingerprint density at radius 3 is 2.80 bits per heavy atom. The standard InChI is InChI=1S/C14H17FN4O/c1-3-6-17-13-8-16-9-14(19-13)18-11-5-4-10(15)7-12(11)20-2/h4-5,7-9H,3,6H2,1-2H3,(H2,17,18,19). The second-order valence-corrected chi connectivity index (χ2v) is 4.19. The van der Waals surface area contributed by atoms with Gasteiger partial charge in [-0.05, 0) is 18.6 Å². The fourth-order valence-corrected chi connectivity index (χ4v) is 1.67. The lowest BCUT2D eigenvalue weighted by Crippen LogP contribution is -2.04. The van der Waals surface area contributed by atoms with Crippen molar-refractivity contribution in [2.75, 3.05) is 24.3 Å². The molecule has 1 aromatic heterocycles. The molecule has 0 aliphatic rings. The summed E-state index contributed by atoms with van der Waals surface area (Å²) >= 11 is 0. The zero-order valence-corrected chi connectivity index (χ0v) is 11.5. The molecule has 6 heteroatoms. The van der Waals surface area contributed by atoms with Crippen molar-refractivity contribution in [2.45, 2.75) is 13.3 Å². The Hall–Kier alpha value is -2.37. The highest BCUT2D eigenvalue weighted by Gasteiger charge is 2.06. The van der Waals surface area contributed by atoms with Crippen LogP contribution in [0.4, 0.5) is 21.7 Å². The lowest BCUT2D eigenvalue weighted by atomic mass is 10.3. The number of nitrogens with one attached hydrogen (secondary N) is 2. The summed E-state index contributed by atoms with van der Waals surface area (Å²) in [7, 11) is 1.49. The molecular formula is C14H17FN4O. The zero-order chi connectivity index (χ0) is 14.4. The second-order valence-electron chi connectivity index (χ2n) is 4.19. The Morgan fingerprint density at radius 2 is 2.05 bits per heavy atom. The summed E-state index contributed by atoms with van der Waals surface area (Å²) in [5.41, 5.74) is 0.635. The number of hydrogen-bond donors (Lipinski definition) is 2. The number of ether oxygens (including phenoxy) is 1. The molecule has 20 heavy (non-hydrogen) atoms. The van der Waals surface area contributed by atoms with Gasteiger partial charge in [-0.2, -0.15) is 0 Å². The van der Waals surface area contributed by atoms with E-state index in [1.165, 1.54) is 19.2 Å². The minimum Gasteiger partial charge on any atom is -0.494 e. The van der Waals surface area contributed by atoms with Crippen LogP contribution in [0.1, 0.15) is 13.3 Å². The van der Waals surface area contributed by atoms with Crippen molar-refractivity contribution >= 4 is 17.3 Å². The van der Waals surface area contributed by atoms with E-state index in [-0.39, 0.29) is 5.82 Å². The summed E-state index contributed by atoms with van der Waals surface area (Å²) in [6.07, 6.45) is 4.26. The van der Waals surface area contributed by atoms with Gasteiger partial charge in [0.25, 0.3) is 0 Å². The fourth-order valence-electron chi connectivity index (χ4n) is 1.67. The van der Waals surface area contributed by atoms with E-state index in [0.29, 0.717) is 23.1 Å². The summed E-state index contributed by atoms with van der Waals surface area (Å²) in [4.78, 5) is 8.47. The minimum absolute atomic E-state index is 0.350. The van der Waals surface area contributed by atoms with Crippen LogP contribution in [0.5, 0.6) is 5.75 Å². The van der Waals surface area contributed by atoms with Gasteiger partial charge in [-0.15, -0.1) is 0 Å². The number of benzene rings is 1. The largest absolute Gasteiger partial charge is 0.494 e. The smallest absolute Gasteiger partial charge is 0.151 e. The van der Waals surface area contributed by atoms with Crippen LogP contribution in [-0.4, -0.2) is 23.6 Å². The van der Waals surface area contributed by atoms with Crippen LogP contribution < -0.4 is 15.4 Å². The van der Waals surface area contributed by atoms with Gasteiger partial charge >= 0.3 is 0 Å². The van der Waals surface area contributed by atoms with Crippen molar-refractivity contribution in [3.63, 3.8) is 0 Å². The molecule has 106 valence electrons. The van der Waals surface area contributed by atoms with E-state index in [9.17, 15) is 4.39 Å². The van der Waals surface area contributed by atoms with Gasteiger partial charge in [0.1, 0.15) is 17.4 Å². The highest BCUT2D eigenvalue weighted by atomic mass is 19.1. The Morgan fingerprint density at radius 1 is 1.25 bits per heavy atom. The average Bonchev–Trinajstić information content (AvgIpc) is 2.47. The van der Waals surface area contributed by atoms with Gasteiger partial charge in [0, 0.05) is 12.6 Å². The normalized spacial score (nSPS) is 10.2. The lowest BCUT2D eigenvalue weighted by molar-refractivity contribution is 0.413. The molecule has 0 fully saturated rings. The predicted octanol–water partition coefficient (Wildman–Crippen LogP) is 3.19. The molecule has 2 rings (SSSR count). The van der Waals surface area contributed by atoms with Crippen molar-refractivity contribution in [1.29, 1.82) is 0 Å². The van der Waals surface area contributed by atoms with Crippen LogP contribution in [0.25, 0.3) is 0 Å². The number of nitrogens with zero attached hydrogens (tertiary/aromatic N) is 2. The number of hydrogen-bond acceptors (Lipinski definition) is 5. The van der Waals surface area contributed by atoms with E-state index in [2.05, 4.69) is 27.5 Å². The van der Waals surface area contributed by atoms with E-state index < -0.39 is 0 Å². The Kier molecular flexibility index (Phi) is 4.70. The van der Waals surface area contributed by atoms with Crippen LogP contribution in [0.2, 0.25) is 0 Å². The monoisotopic (exact) mass is 276 g/mol. The van der Waals surface area contributed by atoms with E-state index in [1.807, 2.05) is 0 Å². The third-order valence-electron chi connectivity index (χ3n) is 2.62. The van der Waals surface area contributed by atoms with Crippen LogP contribution in [0.15, 0.2) is 30.6 Å². The van der Waals surface area contributed by atoms with Gasteiger partial charge in [0.2, 0.25) is 0 Å². The SMILES string of the molecule is CCCNc1cncc(Nc2ccc(F)cc2OC)n1. The topological polar surface area (TPSA) is 59.1 Å². The molecule has 1 aromatic carbocycles. The van der Waals surface area contributed by atoms with Gasteiger partial charge in [0.15, 0.2) is 5.82 Å². The molecule has 0 amide bonds. The molecule has 0 unspecified atom stereocenters. The van der Waals surface area contributed by atoms with Crippen LogP contribution in [0, 0.1) is 5.82 Å². The molecule has 0 spiro atoms. The maximum atomic E-state index is 13.1. The summed E-state index contributed by atoms with van der Waals surface area (Å²) in [5, 5.41) is 6.22. The molecule has 0 saturated carbocycles. The summed E-state index contributed by atoms with van der Waals surface area (Å²) < 4.78 is 18.3. The minimum atomic E-state index is -0.350. The molecule has 2 N–H and O–H groups in total. The molecular weight excluding hydrogens is 259 g/mol. The molecule has 0 bridgehead atoms. The van der Waals surface area contributed by atoms with Crippen molar-refractivity contribution in [3.8, 4) is 5.75 Å². The van der Waals surface area contributed by atoms with Crippen molar-refractivity contribution < 1.29 is 9.13 Å². The van der Waals surface area contributed by atoms with Crippen LogP contribution in [-0.2, 0) is 0 Å². The highest BCUT2D eigenvalue weighted by Crippen LogP contribution is 2.27. The summed E-state index contributed by atoms with van der Waals surface area (Å²) in [5.74, 6) is 1.32. The first-order valence-electron chi connectivity index (χ1n) is 6.39. The number of aromatic nitrogens is 2. The highest BCUT2D eigenvalue weighted by molar-refractivity contribution is 5.64. The lowest BCUT2D eigenvalue weighted by Gasteiger charge is -2.11. The third kappa shape index (κ3) is 3.57. The Balaban J connectivity index is 2.17. The molecule has 2 aromatic rings. The van der Waals surface area contributed by atoms with E-state index in [4.69, 9.17) is 4.74 Å². The van der Waals surface area contributed by atoms with Gasteiger partial charge in [0.05, 0.1) is 25.2 Å². The van der Waals surface area contributed by atoms with Gasteiger partial charge in [-0.25, -0.2) is 9.37 Å². The predicted molar refractivity (Wildman–Crippen MR) is 77.0 cm³/mol. The molecule has 0 atom stereocenters.